The summed E-state index contributed by atoms with van der Waals surface area (Å²) in [7, 11) is -3.66. The number of sulfonamides is 1. The van der Waals surface area contributed by atoms with Crippen LogP contribution in [0.3, 0.4) is 0 Å². The number of nitrogens with two attached hydrogens (primary N) is 1. The summed E-state index contributed by atoms with van der Waals surface area (Å²) in [6.45, 7) is 5.01. The van der Waals surface area contributed by atoms with E-state index in [0.717, 1.165) is 6.42 Å². The molecule has 20 heavy (non-hydrogen) atoms. The lowest BCUT2D eigenvalue weighted by Crippen LogP contribution is -2.42. The van der Waals surface area contributed by atoms with Gasteiger partial charge in [0.2, 0.25) is 10.0 Å². The van der Waals surface area contributed by atoms with E-state index >= 15 is 0 Å². The molecular weight excluding hydrogens is 276 g/mol. The molecule has 6 heteroatoms. The Morgan fingerprint density at radius 1 is 1.40 bits per heavy atom. The van der Waals surface area contributed by atoms with E-state index in [-0.39, 0.29) is 10.4 Å². The molecule has 0 aliphatic heterocycles. The standard InChI is InChI=1S/C14H20N2O3S/c1-4-14(3,5-2)16-10-11-19-12-6-8-13(9-7-12)20(15,17)18/h1,6-9,16H,5,10-11H2,2-3H3,(H2,15,17,18). The number of hydrogen-bond donors (Lipinski definition) is 2. The van der Waals surface area contributed by atoms with E-state index in [4.69, 9.17) is 16.3 Å². The minimum Gasteiger partial charge on any atom is -0.492 e. The lowest BCUT2D eigenvalue weighted by Gasteiger charge is -2.23. The zero-order valence-corrected chi connectivity index (χ0v) is 12.5. The highest BCUT2D eigenvalue weighted by molar-refractivity contribution is 7.89. The number of hydrogen-bond acceptors (Lipinski definition) is 4. The first-order valence-electron chi connectivity index (χ1n) is 6.29. The van der Waals surface area contributed by atoms with Crippen molar-refractivity contribution < 1.29 is 13.2 Å². The molecule has 0 spiro atoms. The van der Waals surface area contributed by atoms with E-state index < -0.39 is 10.0 Å². The fourth-order valence-corrected chi connectivity index (χ4v) is 2.01. The van der Waals surface area contributed by atoms with Gasteiger partial charge >= 0.3 is 0 Å². The summed E-state index contributed by atoms with van der Waals surface area (Å²) in [6.07, 6.45) is 6.27. The van der Waals surface area contributed by atoms with Gasteiger partial charge in [0.15, 0.2) is 0 Å². The van der Waals surface area contributed by atoms with Gasteiger partial charge < -0.3 is 4.74 Å². The predicted octanol–water partition coefficient (Wildman–Crippen LogP) is 1.10. The SMILES string of the molecule is C#CC(C)(CC)NCCOc1ccc(S(N)(=O)=O)cc1. The van der Waals surface area contributed by atoms with Crippen LogP contribution in [-0.2, 0) is 10.0 Å². The molecule has 0 aliphatic carbocycles. The Labute approximate surface area is 120 Å². The van der Waals surface area contributed by atoms with Crippen LogP contribution in [-0.4, -0.2) is 27.1 Å². The molecule has 110 valence electrons. The van der Waals surface area contributed by atoms with Crippen LogP contribution in [0.4, 0.5) is 0 Å². The smallest absolute Gasteiger partial charge is 0.238 e. The van der Waals surface area contributed by atoms with Gasteiger partial charge in [-0.15, -0.1) is 6.42 Å². The Hall–Kier alpha value is -1.55. The largest absolute Gasteiger partial charge is 0.492 e. The lowest BCUT2D eigenvalue weighted by molar-refractivity contribution is 0.294. The second-order valence-corrected chi connectivity index (χ2v) is 6.18. The summed E-state index contributed by atoms with van der Waals surface area (Å²) >= 11 is 0. The molecule has 0 radical (unpaired) electrons. The van der Waals surface area contributed by atoms with Crippen LogP contribution in [0.2, 0.25) is 0 Å². The van der Waals surface area contributed by atoms with Crippen molar-refractivity contribution in [1.29, 1.82) is 0 Å². The normalized spacial score (nSPS) is 14.3. The molecule has 1 aromatic carbocycles. The number of terminal acetylenes is 1. The van der Waals surface area contributed by atoms with Gasteiger partial charge in [-0.25, -0.2) is 13.6 Å². The minimum absolute atomic E-state index is 0.0638. The molecule has 0 bridgehead atoms. The maximum atomic E-state index is 11.1. The highest BCUT2D eigenvalue weighted by Crippen LogP contribution is 2.14. The van der Waals surface area contributed by atoms with Crippen LogP contribution < -0.4 is 15.2 Å². The second kappa shape index (κ2) is 6.75. The third kappa shape index (κ3) is 4.85. The van der Waals surface area contributed by atoms with Crippen molar-refractivity contribution in [3.8, 4) is 18.1 Å². The molecule has 0 saturated heterocycles. The lowest BCUT2D eigenvalue weighted by atomic mass is 10.0. The highest BCUT2D eigenvalue weighted by Gasteiger charge is 2.16. The third-order valence-corrected chi connectivity index (χ3v) is 3.99. The van der Waals surface area contributed by atoms with E-state index in [1.54, 1.807) is 12.1 Å². The number of primary sulfonamides is 1. The number of rotatable bonds is 7. The van der Waals surface area contributed by atoms with Gasteiger partial charge in [0, 0.05) is 6.54 Å². The first-order chi connectivity index (χ1) is 9.30. The Bertz CT molecular complexity index is 575. The summed E-state index contributed by atoms with van der Waals surface area (Å²) in [5.41, 5.74) is -0.332. The van der Waals surface area contributed by atoms with E-state index in [1.807, 2.05) is 13.8 Å². The molecule has 0 amide bonds. The average Bonchev–Trinajstić information content (AvgIpc) is 2.43. The van der Waals surface area contributed by atoms with Crippen molar-refractivity contribution in [1.82, 2.24) is 5.32 Å². The van der Waals surface area contributed by atoms with Crippen molar-refractivity contribution in [2.24, 2.45) is 5.14 Å². The van der Waals surface area contributed by atoms with Gasteiger partial charge in [0.25, 0.3) is 0 Å². The van der Waals surface area contributed by atoms with E-state index in [1.165, 1.54) is 12.1 Å². The summed E-state index contributed by atoms with van der Waals surface area (Å²) in [5.74, 6) is 3.29. The van der Waals surface area contributed by atoms with Gasteiger partial charge in [-0.1, -0.05) is 12.8 Å². The predicted molar refractivity (Wildman–Crippen MR) is 78.8 cm³/mol. The number of ether oxygens (including phenoxy) is 1. The average molecular weight is 296 g/mol. The van der Waals surface area contributed by atoms with E-state index in [2.05, 4.69) is 11.2 Å². The van der Waals surface area contributed by atoms with Crippen molar-refractivity contribution in [2.75, 3.05) is 13.2 Å². The zero-order chi connectivity index (χ0) is 15.2. The Morgan fingerprint density at radius 3 is 2.45 bits per heavy atom. The molecule has 1 unspecified atom stereocenters. The molecule has 0 aromatic heterocycles. The minimum atomic E-state index is -3.66. The van der Waals surface area contributed by atoms with Crippen molar-refractivity contribution in [3.05, 3.63) is 24.3 Å². The Kier molecular flexibility index (Phi) is 5.57. The molecule has 1 rings (SSSR count). The number of benzene rings is 1. The van der Waals surface area contributed by atoms with Gasteiger partial charge in [-0.05, 0) is 37.6 Å². The van der Waals surface area contributed by atoms with E-state index in [0.29, 0.717) is 18.9 Å². The maximum Gasteiger partial charge on any atom is 0.238 e. The summed E-state index contributed by atoms with van der Waals surface area (Å²) in [4.78, 5) is 0.0638. The van der Waals surface area contributed by atoms with Gasteiger partial charge in [0.05, 0.1) is 10.4 Å². The Balaban J connectivity index is 2.46. The third-order valence-electron chi connectivity index (χ3n) is 3.06. The van der Waals surface area contributed by atoms with Crippen LogP contribution in [0, 0.1) is 12.3 Å². The van der Waals surface area contributed by atoms with Crippen LogP contribution in [0.5, 0.6) is 5.75 Å². The van der Waals surface area contributed by atoms with E-state index in [9.17, 15) is 8.42 Å². The first-order valence-corrected chi connectivity index (χ1v) is 7.84. The molecule has 3 N–H and O–H groups in total. The Morgan fingerprint density at radius 2 is 2.00 bits per heavy atom. The summed E-state index contributed by atoms with van der Waals surface area (Å²) in [6, 6.07) is 5.96. The molecule has 0 aliphatic rings. The molecule has 1 aromatic rings. The molecule has 0 saturated carbocycles. The fraction of sp³-hybridized carbons (Fsp3) is 0.429. The van der Waals surface area contributed by atoms with Crippen molar-refractivity contribution in [2.45, 2.75) is 30.7 Å². The fourth-order valence-electron chi connectivity index (χ4n) is 1.50. The van der Waals surface area contributed by atoms with Gasteiger partial charge in [0.1, 0.15) is 12.4 Å². The maximum absolute atomic E-state index is 11.1. The molecule has 1 atom stereocenters. The van der Waals surface area contributed by atoms with Crippen molar-refractivity contribution >= 4 is 10.0 Å². The topological polar surface area (TPSA) is 81.4 Å². The van der Waals surface area contributed by atoms with Crippen LogP contribution in [0.25, 0.3) is 0 Å². The van der Waals surface area contributed by atoms with Crippen LogP contribution in [0.1, 0.15) is 20.3 Å². The van der Waals surface area contributed by atoms with Gasteiger partial charge in [-0.3, -0.25) is 5.32 Å². The quantitative estimate of drug-likeness (QED) is 0.583. The molecule has 5 nitrogen and oxygen atoms in total. The second-order valence-electron chi connectivity index (χ2n) is 4.62. The van der Waals surface area contributed by atoms with Crippen molar-refractivity contribution in [3.63, 3.8) is 0 Å². The molecular formula is C14H20N2O3S. The zero-order valence-electron chi connectivity index (χ0n) is 11.7. The summed E-state index contributed by atoms with van der Waals surface area (Å²) in [5, 5.41) is 8.23. The van der Waals surface area contributed by atoms with Gasteiger partial charge in [-0.2, -0.15) is 0 Å². The highest BCUT2D eigenvalue weighted by atomic mass is 32.2. The molecule has 0 fully saturated rings. The first kappa shape index (κ1) is 16.5. The van der Waals surface area contributed by atoms with Crippen LogP contribution >= 0.6 is 0 Å². The number of nitrogens with one attached hydrogen (secondary N) is 1. The summed E-state index contributed by atoms with van der Waals surface area (Å²) < 4.78 is 27.7. The van der Waals surface area contributed by atoms with Crippen LogP contribution in [0.15, 0.2) is 29.2 Å². The monoisotopic (exact) mass is 296 g/mol. The molecule has 0 heterocycles.